The van der Waals surface area contributed by atoms with E-state index in [1.165, 1.54) is 23.4 Å². The number of hydrogen-bond donors (Lipinski definition) is 1. The maximum absolute atomic E-state index is 11.9. The molecule has 1 N–H and O–H groups in total. The van der Waals surface area contributed by atoms with Crippen molar-refractivity contribution in [2.45, 2.75) is 11.8 Å². The van der Waals surface area contributed by atoms with Crippen LogP contribution in [0.3, 0.4) is 0 Å². The molecule has 0 radical (unpaired) electrons. The monoisotopic (exact) mass is 335 g/mol. The number of halogens is 1. The third kappa shape index (κ3) is 4.04. The van der Waals surface area contributed by atoms with Crippen molar-refractivity contribution >= 4 is 31.9 Å². The fraction of sp³-hybridized carbons (Fsp3) is 0.400. The first-order valence-electron chi connectivity index (χ1n) is 5.21. The van der Waals surface area contributed by atoms with Gasteiger partial charge in [0, 0.05) is 30.5 Å². The smallest absolute Gasteiger partial charge is 0.242 e. The third-order valence-corrected chi connectivity index (χ3v) is 4.11. The van der Waals surface area contributed by atoms with Crippen LogP contribution in [0.2, 0.25) is 0 Å². The summed E-state index contributed by atoms with van der Waals surface area (Å²) in [5.74, 6) is -0.288. The number of nitrogens with one attached hydrogen (secondary N) is 1. The van der Waals surface area contributed by atoms with Gasteiger partial charge in [-0.3, -0.25) is 9.78 Å². The van der Waals surface area contributed by atoms with Crippen LogP contribution >= 0.6 is 15.9 Å². The summed E-state index contributed by atoms with van der Waals surface area (Å²) in [4.78, 5) is 16.7. The van der Waals surface area contributed by atoms with E-state index in [0.29, 0.717) is 11.0 Å². The van der Waals surface area contributed by atoms with Crippen LogP contribution in [-0.2, 0) is 14.8 Å². The summed E-state index contributed by atoms with van der Waals surface area (Å²) in [7, 11) is -2.10. The van der Waals surface area contributed by atoms with Gasteiger partial charge in [-0.25, -0.2) is 13.1 Å². The second kappa shape index (κ2) is 6.26. The summed E-state index contributed by atoms with van der Waals surface area (Å²) < 4.78 is 26.5. The molecule has 0 unspecified atom stereocenters. The van der Waals surface area contributed by atoms with E-state index in [2.05, 4.69) is 25.6 Å². The quantitative estimate of drug-likeness (QED) is 0.854. The van der Waals surface area contributed by atoms with E-state index in [9.17, 15) is 13.2 Å². The Labute approximate surface area is 115 Å². The first-order valence-corrected chi connectivity index (χ1v) is 7.48. The maximum atomic E-state index is 11.9. The number of carbonyl (C=O) groups excluding carboxylic acids is 1. The number of hydrogen-bond acceptors (Lipinski definition) is 4. The van der Waals surface area contributed by atoms with E-state index in [-0.39, 0.29) is 17.3 Å². The van der Waals surface area contributed by atoms with Gasteiger partial charge >= 0.3 is 0 Å². The fourth-order valence-electron chi connectivity index (χ4n) is 1.09. The molecular weight excluding hydrogens is 322 g/mol. The largest absolute Gasteiger partial charge is 0.345 e. The topological polar surface area (TPSA) is 79.4 Å². The van der Waals surface area contributed by atoms with Gasteiger partial charge in [-0.1, -0.05) is 0 Å². The molecule has 6 nitrogen and oxygen atoms in total. The Bertz CT molecular complexity index is 533. The van der Waals surface area contributed by atoms with Gasteiger partial charge in [-0.15, -0.1) is 0 Å². The van der Waals surface area contributed by atoms with Crippen LogP contribution in [0.15, 0.2) is 27.8 Å². The van der Waals surface area contributed by atoms with Gasteiger partial charge in [0.25, 0.3) is 0 Å². The average molecular weight is 336 g/mol. The van der Waals surface area contributed by atoms with Gasteiger partial charge in [0.05, 0.1) is 6.54 Å². The Balaban J connectivity index is 2.75. The molecule has 0 aliphatic rings. The lowest BCUT2D eigenvalue weighted by Gasteiger charge is -2.14. The predicted molar refractivity (Wildman–Crippen MR) is 70.4 cm³/mol. The normalized spacial score (nSPS) is 11.3. The minimum absolute atomic E-state index is 0.0174. The van der Waals surface area contributed by atoms with Crippen molar-refractivity contribution in [1.29, 1.82) is 0 Å². The van der Waals surface area contributed by atoms with E-state index in [1.54, 1.807) is 7.05 Å². The molecule has 0 aliphatic carbocycles. The molecule has 0 aliphatic heterocycles. The van der Waals surface area contributed by atoms with Crippen LogP contribution in [0, 0.1) is 0 Å². The molecule has 1 rings (SSSR count). The van der Waals surface area contributed by atoms with Crippen molar-refractivity contribution < 1.29 is 13.2 Å². The number of nitrogens with zero attached hydrogens (tertiary/aromatic N) is 2. The number of amides is 1. The Kier molecular flexibility index (Phi) is 5.24. The van der Waals surface area contributed by atoms with Gasteiger partial charge in [0.1, 0.15) is 4.90 Å². The molecule has 0 bridgehead atoms. The predicted octanol–water partition coefficient (Wildman–Crippen LogP) is 0.601. The molecule has 1 heterocycles. The van der Waals surface area contributed by atoms with Crippen LogP contribution in [0.5, 0.6) is 0 Å². The number of carbonyl (C=O) groups is 1. The van der Waals surface area contributed by atoms with Gasteiger partial charge in [-0.05, 0) is 28.9 Å². The van der Waals surface area contributed by atoms with Crippen LogP contribution in [0.1, 0.15) is 6.92 Å². The summed E-state index contributed by atoms with van der Waals surface area (Å²) in [6.45, 7) is 2.07. The lowest BCUT2D eigenvalue weighted by Crippen LogP contribution is -2.37. The van der Waals surface area contributed by atoms with Crippen molar-refractivity contribution in [3.63, 3.8) is 0 Å². The van der Waals surface area contributed by atoms with Crippen molar-refractivity contribution in [3.8, 4) is 0 Å². The highest BCUT2D eigenvalue weighted by Crippen LogP contribution is 2.13. The Hall–Kier alpha value is -0.990. The Morgan fingerprint density at radius 1 is 1.50 bits per heavy atom. The lowest BCUT2D eigenvalue weighted by atomic mass is 10.5. The molecule has 1 amide bonds. The molecule has 0 atom stereocenters. The molecule has 1 aromatic heterocycles. The first kappa shape index (κ1) is 15.1. The lowest BCUT2D eigenvalue weighted by molar-refractivity contribution is -0.128. The fourth-order valence-corrected chi connectivity index (χ4v) is 2.57. The third-order valence-electron chi connectivity index (χ3n) is 2.30. The minimum atomic E-state index is -3.71. The average Bonchev–Trinajstić information content (AvgIpc) is 2.35. The minimum Gasteiger partial charge on any atom is -0.345 e. The second-order valence-electron chi connectivity index (χ2n) is 3.57. The SMILES string of the molecule is CCN(C)C(=O)CNS(=O)(=O)c1cncc(Br)c1. The highest BCUT2D eigenvalue weighted by atomic mass is 79.9. The summed E-state index contributed by atoms with van der Waals surface area (Å²) in [6.07, 6.45) is 2.70. The zero-order valence-corrected chi connectivity index (χ0v) is 12.5. The molecule has 1 aromatic rings. The summed E-state index contributed by atoms with van der Waals surface area (Å²) >= 11 is 3.14. The van der Waals surface area contributed by atoms with Crippen molar-refractivity contribution in [2.75, 3.05) is 20.1 Å². The van der Waals surface area contributed by atoms with Gasteiger partial charge in [0.2, 0.25) is 15.9 Å². The molecule has 0 saturated carbocycles. The summed E-state index contributed by atoms with van der Waals surface area (Å²) in [6, 6.07) is 1.42. The van der Waals surface area contributed by atoms with Gasteiger partial charge < -0.3 is 4.90 Å². The molecule has 0 fully saturated rings. The van der Waals surface area contributed by atoms with Crippen molar-refractivity contribution in [1.82, 2.24) is 14.6 Å². The molecule has 0 spiro atoms. The standard InChI is InChI=1S/C10H14BrN3O3S/c1-3-14(2)10(15)7-13-18(16,17)9-4-8(11)5-12-6-9/h4-6,13H,3,7H2,1-2H3. The van der Waals surface area contributed by atoms with Gasteiger partial charge in [-0.2, -0.15) is 0 Å². The number of likely N-dealkylation sites (N-methyl/N-ethyl adjacent to an activating group) is 1. The molecule has 18 heavy (non-hydrogen) atoms. The highest BCUT2D eigenvalue weighted by molar-refractivity contribution is 9.10. The molecular formula is C10H14BrN3O3S. The van der Waals surface area contributed by atoms with Crippen molar-refractivity contribution in [2.24, 2.45) is 0 Å². The van der Waals surface area contributed by atoms with Crippen LogP contribution in [0.25, 0.3) is 0 Å². The summed E-state index contributed by atoms with van der Waals surface area (Å²) in [5, 5.41) is 0. The number of pyridine rings is 1. The maximum Gasteiger partial charge on any atom is 0.242 e. The van der Waals surface area contributed by atoms with E-state index >= 15 is 0 Å². The van der Waals surface area contributed by atoms with Crippen molar-refractivity contribution in [3.05, 3.63) is 22.9 Å². The van der Waals surface area contributed by atoms with E-state index in [4.69, 9.17) is 0 Å². The second-order valence-corrected chi connectivity index (χ2v) is 6.25. The zero-order chi connectivity index (χ0) is 13.8. The molecule has 8 heteroatoms. The van der Waals surface area contributed by atoms with Crippen LogP contribution in [0.4, 0.5) is 0 Å². The molecule has 0 saturated heterocycles. The zero-order valence-electron chi connectivity index (χ0n) is 10.1. The Morgan fingerprint density at radius 3 is 2.72 bits per heavy atom. The molecule has 100 valence electrons. The molecule has 0 aromatic carbocycles. The highest BCUT2D eigenvalue weighted by Gasteiger charge is 2.17. The van der Waals surface area contributed by atoms with Crippen LogP contribution in [-0.4, -0.2) is 44.3 Å². The number of rotatable bonds is 5. The van der Waals surface area contributed by atoms with E-state index < -0.39 is 10.0 Å². The van der Waals surface area contributed by atoms with E-state index in [1.807, 2.05) is 6.92 Å². The van der Waals surface area contributed by atoms with Gasteiger partial charge in [0.15, 0.2) is 0 Å². The number of aromatic nitrogens is 1. The first-order chi connectivity index (χ1) is 8.36. The number of sulfonamides is 1. The van der Waals surface area contributed by atoms with E-state index in [0.717, 1.165) is 0 Å². The Morgan fingerprint density at radius 2 is 2.17 bits per heavy atom. The summed E-state index contributed by atoms with van der Waals surface area (Å²) in [5.41, 5.74) is 0. The van der Waals surface area contributed by atoms with Crippen LogP contribution < -0.4 is 4.72 Å².